The highest BCUT2D eigenvalue weighted by atomic mass is 79.9. The summed E-state index contributed by atoms with van der Waals surface area (Å²) in [6.45, 7) is 6.86. The van der Waals surface area contributed by atoms with Crippen molar-refractivity contribution in [2.24, 2.45) is 0 Å². The normalized spacial score (nSPS) is 11.5. The molecule has 0 unspecified atom stereocenters. The van der Waals surface area contributed by atoms with Crippen LogP contribution in [0.2, 0.25) is 0 Å². The molecule has 31 heavy (non-hydrogen) atoms. The number of carboxylic acids is 1. The first-order chi connectivity index (χ1) is 14.8. The van der Waals surface area contributed by atoms with Crippen molar-refractivity contribution in [1.82, 2.24) is 15.0 Å². The van der Waals surface area contributed by atoms with Gasteiger partial charge in [-0.3, -0.25) is 4.79 Å². The molecule has 0 saturated carbocycles. The largest absolute Gasteiger partial charge is 0.480 e. The molecule has 0 aliphatic carbocycles. The van der Waals surface area contributed by atoms with Crippen molar-refractivity contribution >= 4 is 50.9 Å². The average molecular weight is 522 g/mol. The predicted octanol–water partition coefficient (Wildman–Crippen LogP) is 5.46. The molecule has 164 valence electrons. The number of carboxylic acid groups (broad SMARTS) is 1. The fraction of sp³-hybridized carbons (Fsp3) is 0.364. The molecule has 9 heteroatoms. The quantitative estimate of drug-likeness (QED) is 0.355. The van der Waals surface area contributed by atoms with Gasteiger partial charge >= 0.3 is 5.97 Å². The first-order valence-electron chi connectivity index (χ1n) is 9.94. The number of aryl methyl sites for hydroxylation is 1. The van der Waals surface area contributed by atoms with E-state index in [1.807, 2.05) is 29.9 Å². The van der Waals surface area contributed by atoms with E-state index >= 15 is 0 Å². The first kappa shape index (κ1) is 23.7. The average Bonchev–Trinajstić information content (AvgIpc) is 3.17. The lowest BCUT2D eigenvalue weighted by molar-refractivity contribution is -0.138. The van der Waals surface area contributed by atoms with Crippen LogP contribution in [0.5, 0.6) is 0 Å². The van der Waals surface area contributed by atoms with E-state index in [2.05, 4.69) is 54.8 Å². The molecule has 0 amide bonds. The molecule has 0 bridgehead atoms. The Morgan fingerprint density at radius 1 is 1.26 bits per heavy atom. The fourth-order valence-electron chi connectivity index (χ4n) is 2.76. The second kappa shape index (κ2) is 10.6. The van der Waals surface area contributed by atoms with Crippen LogP contribution in [0.25, 0.3) is 0 Å². The van der Waals surface area contributed by atoms with E-state index in [4.69, 9.17) is 0 Å². The number of halogens is 1. The van der Waals surface area contributed by atoms with Crippen molar-refractivity contribution in [3.05, 3.63) is 63.3 Å². The zero-order valence-corrected chi connectivity index (χ0v) is 20.9. The van der Waals surface area contributed by atoms with Gasteiger partial charge in [0.1, 0.15) is 4.75 Å². The van der Waals surface area contributed by atoms with E-state index in [0.717, 1.165) is 38.5 Å². The van der Waals surface area contributed by atoms with Gasteiger partial charge in [0.25, 0.3) is 0 Å². The Morgan fingerprint density at radius 3 is 2.65 bits per heavy atom. The summed E-state index contributed by atoms with van der Waals surface area (Å²) >= 11 is 6.30. The summed E-state index contributed by atoms with van der Waals surface area (Å²) in [5.41, 5.74) is 3.21. The van der Waals surface area contributed by atoms with Crippen LogP contribution in [0.3, 0.4) is 0 Å². The Morgan fingerprint density at radius 2 is 2.00 bits per heavy atom. The minimum absolute atomic E-state index is 0.683. The van der Waals surface area contributed by atoms with Crippen LogP contribution in [0.4, 0.5) is 5.95 Å². The van der Waals surface area contributed by atoms with Gasteiger partial charge in [-0.05, 0) is 43.5 Å². The van der Waals surface area contributed by atoms with Gasteiger partial charge < -0.3 is 10.0 Å². The highest BCUT2D eigenvalue weighted by molar-refractivity contribution is 9.10. The monoisotopic (exact) mass is 520 g/mol. The van der Waals surface area contributed by atoms with Gasteiger partial charge in [0.05, 0.1) is 5.69 Å². The number of rotatable bonds is 10. The summed E-state index contributed by atoms with van der Waals surface area (Å²) < 4.78 is 0.899. The zero-order valence-electron chi connectivity index (χ0n) is 17.7. The summed E-state index contributed by atoms with van der Waals surface area (Å²) in [5.74, 6) is -0.156. The Labute approximate surface area is 199 Å². The van der Waals surface area contributed by atoms with Crippen molar-refractivity contribution < 1.29 is 9.90 Å². The number of thiazole rings is 1. The minimum atomic E-state index is -0.906. The molecule has 0 aliphatic heterocycles. The Bertz CT molecular complexity index is 1020. The lowest BCUT2D eigenvalue weighted by Gasteiger charge is -2.22. The summed E-state index contributed by atoms with van der Waals surface area (Å²) in [4.78, 5) is 27.3. The van der Waals surface area contributed by atoms with Gasteiger partial charge in [-0.2, -0.15) is 0 Å². The van der Waals surface area contributed by atoms with Crippen molar-refractivity contribution in [2.45, 2.75) is 49.2 Å². The summed E-state index contributed by atoms with van der Waals surface area (Å²) in [6, 6.07) is 8.21. The smallest absolute Gasteiger partial charge is 0.319 e. The van der Waals surface area contributed by atoms with Gasteiger partial charge in [0, 0.05) is 41.8 Å². The molecule has 3 aromatic rings. The minimum Gasteiger partial charge on any atom is -0.480 e. The Balaban J connectivity index is 1.73. The van der Waals surface area contributed by atoms with Crippen LogP contribution >= 0.6 is 39.0 Å². The number of anilines is 1. The van der Waals surface area contributed by atoms with Crippen LogP contribution in [0.1, 0.15) is 37.6 Å². The molecule has 0 spiro atoms. The van der Waals surface area contributed by atoms with E-state index in [1.165, 1.54) is 23.1 Å². The fourth-order valence-corrected chi connectivity index (χ4v) is 5.43. The van der Waals surface area contributed by atoms with E-state index in [9.17, 15) is 9.90 Å². The van der Waals surface area contributed by atoms with E-state index in [-0.39, 0.29) is 0 Å². The second-order valence-electron chi connectivity index (χ2n) is 7.57. The molecule has 6 nitrogen and oxygen atoms in total. The number of carbonyl (C=O) groups is 1. The maximum Gasteiger partial charge on any atom is 0.319 e. The maximum absolute atomic E-state index is 11.4. The summed E-state index contributed by atoms with van der Waals surface area (Å²) in [5, 5.41) is 11.3. The van der Waals surface area contributed by atoms with Gasteiger partial charge in [-0.25, -0.2) is 15.0 Å². The number of hydrogen-bond acceptors (Lipinski definition) is 7. The number of aliphatic carboxylic acids is 1. The molecule has 3 rings (SSSR count). The molecule has 0 aliphatic rings. The van der Waals surface area contributed by atoms with Crippen molar-refractivity contribution in [3.63, 3.8) is 0 Å². The van der Waals surface area contributed by atoms with Crippen molar-refractivity contribution in [2.75, 3.05) is 11.4 Å². The molecule has 0 atom stereocenters. The standard InChI is InChI=1S/C22H25BrN4O2S2/c1-4-15-11-24-20(25-12-15)27(13-16-6-5-7-17(23)10-16)9-8-18-14-30-21(26-18)31-22(2,3)19(28)29/h5-7,10-12,14H,4,8-9,13H2,1-3H3,(H,28,29). The van der Waals surface area contributed by atoms with Crippen LogP contribution in [0.15, 0.2) is 50.9 Å². The molecule has 1 aromatic carbocycles. The van der Waals surface area contributed by atoms with Crippen LogP contribution < -0.4 is 4.90 Å². The van der Waals surface area contributed by atoms with E-state index in [0.29, 0.717) is 19.0 Å². The molecule has 1 N–H and O–H groups in total. The third-order valence-electron chi connectivity index (χ3n) is 4.67. The summed E-state index contributed by atoms with van der Waals surface area (Å²) in [7, 11) is 0. The number of aromatic nitrogens is 3. The van der Waals surface area contributed by atoms with E-state index < -0.39 is 10.7 Å². The van der Waals surface area contributed by atoms with Gasteiger partial charge in [0.2, 0.25) is 5.95 Å². The van der Waals surface area contributed by atoms with Crippen LogP contribution in [0, 0.1) is 0 Å². The second-order valence-corrected chi connectivity index (χ2v) is 11.2. The van der Waals surface area contributed by atoms with Crippen molar-refractivity contribution in [3.8, 4) is 0 Å². The molecule has 2 heterocycles. The number of hydrogen-bond donors (Lipinski definition) is 1. The third-order valence-corrected chi connectivity index (χ3v) is 7.34. The molecule has 0 fully saturated rings. The number of benzene rings is 1. The number of nitrogens with zero attached hydrogens (tertiary/aromatic N) is 4. The molecule has 2 aromatic heterocycles. The van der Waals surface area contributed by atoms with Crippen LogP contribution in [-0.2, 0) is 24.2 Å². The highest BCUT2D eigenvalue weighted by Gasteiger charge is 2.29. The molecule has 0 radical (unpaired) electrons. The third kappa shape index (κ3) is 6.75. The van der Waals surface area contributed by atoms with Crippen LogP contribution in [-0.4, -0.2) is 37.3 Å². The molecule has 0 saturated heterocycles. The van der Waals surface area contributed by atoms with Crippen molar-refractivity contribution in [1.29, 1.82) is 0 Å². The van der Waals surface area contributed by atoms with Gasteiger partial charge in [0.15, 0.2) is 4.34 Å². The topological polar surface area (TPSA) is 79.2 Å². The van der Waals surface area contributed by atoms with E-state index in [1.54, 1.807) is 13.8 Å². The first-order valence-corrected chi connectivity index (χ1v) is 12.4. The lowest BCUT2D eigenvalue weighted by Crippen LogP contribution is -2.27. The molecular weight excluding hydrogens is 496 g/mol. The summed E-state index contributed by atoms with van der Waals surface area (Å²) in [6.07, 6.45) is 5.37. The Hall–Kier alpha value is -1.97. The lowest BCUT2D eigenvalue weighted by atomic mass is 10.2. The predicted molar refractivity (Wildman–Crippen MR) is 130 cm³/mol. The van der Waals surface area contributed by atoms with Gasteiger partial charge in [-0.1, -0.05) is 46.7 Å². The van der Waals surface area contributed by atoms with Gasteiger partial charge in [-0.15, -0.1) is 11.3 Å². The zero-order chi connectivity index (χ0) is 22.4. The maximum atomic E-state index is 11.4. The highest BCUT2D eigenvalue weighted by Crippen LogP contribution is 2.34. The SMILES string of the molecule is CCc1cnc(N(CCc2csc(SC(C)(C)C(=O)O)n2)Cc2cccc(Br)c2)nc1. The number of thioether (sulfide) groups is 1. The molecular formula is C22H25BrN4O2S2. The Kier molecular flexibility index (Phi) is 8.07.